The van der Waals surface area contributed by atoms with Crippen molar-refractivity contribution < 1.29 is 0 Å². The Morgan fingerprint density at radius 3 is 1.12 bits per heavy atom. The first kappa shape index (κ1) is 55.1. The molecule has 20 rings (SSSR count). The van der Waals surface area contributed by atoms with Crippen LogP contribution in [0.1, 0.15) is 73.1 Å². The van der Waals surface area contributed by atoms with E-state index in [1.165, 1.54) is 210 Å². The molecule has 0 amide bonds. The standard InChI is InChI=1S/C96H66/c1-95(2)84-53-70(61-29-27-59(28-30-61)57-23-25-58(26-24-57)60-33-37-68(38-34-60)92-80-20-9-8-19-79(80)91(65-13-6-5-7-14-65)93-82-21-11-17-64-18-12-22-83(89(64)82)94(92)93)43-48-75(84)77-50-45-72(55-86(77)95)73-46-51-78-76-49-44-71(54-85(76)96(3,4)87(78)56-73)62-31-35-63(36-32-62)74-47-41-69-40-39-66-15-10-16-67-42-52-81(74)90(69)88(66)67/h5-14,16-39,41-56H,15,40H2,1-4H3. The summed E-state index contributed by atoms with van der Waals surface area (Å²) in [6, 6.07) is 109. The molecule has 96 heavy (non-hydrogen) atoms. The van der Waals surface area contributed by atoms with Gasteiger partial charge in [0.05, 0.1) is 0 Å². The summed E-state index contributed by atoms with van der Waals surface area (Å²) >= 11 is 0. The summed E-state index contributed by atoms with van der Waals surface area (Å²) in [5.41, 5.74) is 41.6. The van der Waals surface area contributed by atoms with Gasteiger partial charge in [0.15, 0.2) is 0 Å². The Kier molecular flexibility index (Phi) is 11.8. The average Bonchev–Trinajstić information content (AvgIpc) is 1.49. The third-order valence-corrected chi connectivity index (χ3v) is 22.7. The maximum absolute atomic E-state index is 2.48. The lowest BCUT2D eigenvalue weighted by atomic mass is 9.79. The molecule has 0 atom stereocenters. The molecule has 0 fully saturated rings. The average molecular weight is 1220 g/mol. The number of allylic oxidation sites excluding steroid dienone is 3. The van der Waals surface area contributed by atoms with Crippen LogP contribution >= 0.6 is 0 Å². The molecule has 0 nitrogen and oxygen atoms in total. The van der Waals surface area contributed by atoms with Crippen molar-refractivity contribution >= 4 is 44.0 Å². The second-order valence-corrected chi connectivity index (χ2v) is 28.5. The highest BCUT2D eigenvalue weighted by Gasteiger charge is 2.39. The van der Waals surface area contributed by atoms with Gasteiger partial charge in [-0.3, -0.25) is 0 Å². The molecule has 0 aliphatic heterocycles. The van der Waals surface area contributed by atoms with Crippen molar-refractivity contribution in [1.82, 2.24) is 0 Å². The van der Waals surface area contributed by atoms with E-state index in [1.54, 1.807) is 0 Å². The molecule has 0 radical (unpaired) electrons. The van der Waals surface area contributed by atoms with Gasteiger partial charge >= 0.3 is 0 Å². The van der Waals surface area contributed by atoms with Crippen LogP contribution in [0.4, 0.5) is 0 Å². The van der Waals surface area contributed by atoms with Gasteiger partial charge in [-0.2, -0.15) is 0 Å². The molecule has 5 aliphatic carbocycles. The molecule has 0 aromatic heterocycles. The molecule has 0 saturated heterocycles. The van der Waals surface area contributed by atoms with E-state index in [-0.39, 0.29) is 10.8 Å². The molecule has 450 valence electrons. The normalized spacial score (nSPS) is 14.4. The van der Waals surface area contributed by atoms with Crippen LogP contribution in [0, 0.1) is 0 Å². The largest absolute Gasteiger partial charge is 0.0795 e. The lowest BCUT2D eigenvalue weighted by Gasteiger charge is -2.24. The number of fused-ring (bicyclic) bond motifs is 10. The Labute approximate surface area is 561 Å². The van der Waals surface area contributed by atoms with Crippen molar-refractivity contribution in [3.8, 4) is 134 Å². The minimum absolute atomic E-state index is 0.161. The number of hydrogen-bond donors (Lipinski definition) is 0. The minimum atomic E-state index is -0.172. The van der Waals surface area contributed by atoms with Crippen molar-refractivity contribution in [2.24, 2.45) is 0 Å². The topological polar surface area (TPSA) is 0 Å². The maximum atomic E-state index is 2.48. The predicted octanol–water partition coefficient (Wildman–Crippen LogP) is 26.1. The quantitative estimate of drug-likeness (QED) is 0.142. The first-order valence-electron chi connectivity index (χ1n) is 34.2. The van der Waals surface area contributed by atoms with Crippen molar-refractivity contribution in [2.75, 3.05) is 0 Å². The zero-order valence-electron chi connectivity index (χ0n) is 54.3. The van der Waals surface area contributed by atoms with Gasteiger partial charge in [-0.25, -0.2) is 0 Å². The Morgan fingerprint density at radius 2 is 0.646 bits per heavy atom. The zero-order chi connectivity index (χ0) is 63.7. The van der Waals surface area contributed by atoms with E-state index in [0.29, 0.717) is 0 Å². The van der Waals surface area contributed by atoms with E-state index < -0.39 is 0 Å². The van der Waals surface area contributed by atoms with Gasteiger partial charge < -0.3 is 0 Å². The Hall–Kier alpha value is -11.4. The molecule has 0 spiro atoms. The summed E-state index contributed by atoms with van der Waals surface area (Å²) in [5.74, 6) is 0. The van der Waals surface area contributed by atoms with Crippen molar-refractivity contribution in [3.05, 3.63) is 336 Å². The van der Waals surface area contributed by atoms with Crippen LogP contribution in [0.25, 0.3) is 177 Å². The van der Waals surface area contributed by atoms with E-state index in [2.05, 4.69) is 331 Å². The van der Waals surface area contributed by atoms with Gasteiger partial charge in [0.25, 0.3) is 0 Å². The molecule has 0 unspecified atom stereocenters. The number of benzene rings is 15. The van der Waals surface area contributed by atoms with Crippen molar-refractivity contribution in [3.63, 3.8) is 0 Å². The summed E-state index contributed by atoms with van der Waals surface area (Å²) in [4.78, 5) is 0. The Bertz CT molecular complexity index is 5920. The van der Waals surface area contributed by atoms with Gasteiger partial charge in [-0.15, -0.1) is 0 Å². The van der Waals surface area contributed by atoms with E-state index >= 15 is 0 Å². The fourth-order valence-electron chi connectivity index (χ4n) is 17.8. The van der Waals surface area contributed by atoms with Crippen LogP contribution in [0.5, 0.6) is 0 Å². The first-order valence-corrected chi connectivity index (χ1v) is 34.2. The highest BCUT2D eigenvalue weighted by atomic mass is 14.4. The van der Waals surface area contributed by atoms with Gasteiger partial charge in [0, 0.05) is 10.8 Å². The maximum Gasteiger partial charge on any atom is 0.0159 e. The minimum Gasteiger partial charge on any atom is -0.0795 e. The predicted molar refractivity (Wildman–Crippen MR) is 407 cm³/mol. The summed E-state index contributed by atoms with van der Waals surface area (Å²) in [6.07, 6.45) is 9.09. The molecule has 15 aromatic rings. The molecule has 15 aromatic carbocycles. The molecule has 0 N–H and O–H groups in total. The third kappa shape index (κ3) is 8.09. The van der Waals surface area contributed by atoms with E-state index in [0.717, 1.165) is 12.8 Å². The van der Waals surface area contributed by atoms with Gasteiger partial charge in [-0.05, 0) is 247 Å². The number of hydrogen-bond acceptors (Lipinski definition) is 0. The monoisotopic (exact) mass is 1220 g/mol. The van der Waals surface area contributed by atoms with Crippen molar-refractivity contribution in [2.45, 2.75) is 51.4 Å². The van der Waals surface area contributed by atoms with Crippen LogP contribution in [0.3, 0.4) is 0 Å². The second-order valence-electron chi connectivity index (χ2n) is 28.5. The summed E-state index contributed by atoms with van der Waals surface area (Å²) in [7, 11) is 0. The molecule has 5 aliphatic rings. The zero-order valence-corrected chi connectivity index (χ0v) is 54.3. The SMILES string of the molecule is CC1(C)c2cc(-c3ccc(-c4ccc(-c5ccc(-c6c7c(c(-c8ccccc8)c8ccccc68)-c6cccc8cccc-7c68)cc5)cc4)cc3)ccc2-c2ccc(-c3ccc4c(c3)C(C)(C)c3cc(-c5ccc(-c6ccc7c8c9c(ccc68)C=CCC9=CC7)cc5)ccc3-4)cc21. The first-order chi connectivity index (χ1) is 47.1. The fraction of sp³-hybridized carbons (Fsp3) is 0.0833. The van der Waals surface area contributed by atoms with E-state index in [4.69, 9.17) is 0 Å². The van der Waals surface area contributed by atoms with Crippen LogP contribution in [0.15, 0.2) is 297 Å². The van der Waals surface area contributed by atoms with Gasteiger partial charge in [-0.1, -0.05) is 307 Å². The van der Waals surface area contributed by atoms with Gasteiger partial charge in [0.1, 0.15) is 0 Å². The van der Waals surface area contributed by atoms with Crippen LogP contribution in [0.2, 0.25) is 0 Å². The molecule has 0 heteroatoms. The lowest BCUT2D eigenvalue weighted by Crippen LogP contribution is -2.15. The molecular weight excluding hydrogens is 1150 g/mol. The summed E-state index contributed by atoms with van der Waals surface area (Å²) < 4.78 is 0. The molecule has 0 saturated carbocycles. The van der Waals surface area contributed by atoms with E-state index in [9.17, 15) is 0 Å². The van der Waals surface area contributed by atoms with Crippen LogP contribution < -0.4 is 0 Å². The highest BCUT2D eigenvalue weighted by molar-refractivity contribution is 6.27. The third-order valence-electron chi connectivity index (χ3n) is 22.7. The Balaban J connectivity index is 0.541. The smallest absolute Gasteiger partial charge is 0.0159 e. The molecule has 0 bridgehead atoms. The second kappa shape index (κ2) is 20.5. The van der Waals surface area contributed by atoms with E-state index in [1.807, 2.05) is 0 Å². The lowest BCUT2D eigenvalue weighted by molar-refractivity contribution is 0.660. The van der Waals surface area contributed by atoms with Crippen LogP contribution in [-0.4, -0.2) is 0 Å². The van der Waals surface area contributed by atoms with Crippen molar-refractivity contribution in [1.29, 1.82) is 0 Å². The summed E-state index contributed by atoms with van der Waals surface area (Å²) in [5, 5.41) is 7.99. The number of rotatable bonds is 8. The van der Waals surface area contributed by atoms with Crippen LogP contribution in [-0.2, 0) is 17.3 Å². The molecule has 0 heterocycles. The molecular formula is C96H66. The Morgan fingerprint density at radius 1 is 0.250 bits per heavy atom. The highest BCUT2D eigenvalue weighted by Crippen LogP contribution is 2.59. The summed E-state index contributed by atoms with van der Waals surface area (Å²) in [6.45, 7) is 9.64. The fourth-order valence-corrected chi connectivity index (χ4v) is 17.8. The van der Waals surface area contributed by atoms with Gasteiger partial charge in [0.2, 0.25) is 0 Å².